The van der Waals surface area contributed by atoms with Crippen LogP contribution in [0.1, 0.15) is 46.4 Å². The lowest BCUT2D eigenvalue weighted by molar-refractivity contribution is 0.0682. The van der Waals surface area contributed by atoms with Gasteiger partial charge in [0.05, 0.1) is 11.1 Å². The monoisotopic (exact) mass is 390 g/mol. The van der Waals surface area contributed by atoms with Crippen LogP contribution in [0.4, 0.5) is 0 Å². The number of thioether (sulfide) groups is 2. The molecule has 2 aromatic carbocycles. The Morgan fingerprint density at radius 1 is 0.654 bits per heavy atom. The second-order valence-electron chi connectivity index (χ2n) is 5.71. The molecule has 0 bridgehead atoms. The molecule has 0 saturated carbocycles. The molecule has 0 radical (unpaired) electrons. The van der Waals surface area contributed by atoms with Crippen LogP contribution in [0.2, 0.25) is 0 Å². The van der Waals surface area contributed by atoms with E-state index in [1.54, 1.807) is 47.8 Å². The van der Waals surface area contributed by atoms with E-state index in [4.69, 9.17) is 10.2 Å². The predicted octanol–water partition coefficient (Wildman–Crippen LogP) is 5.53. The van der Waals surface area contributed by atoms with Gasteiger partial charge in [-0.25, -0.2) is 9.59 Å². The van der Waals surface area contributed by atoms with Gasteiger partial charge in [-0.1, -0.05) is 37.1 Å². The SMILES string of the molecule is O=C(O)c1ccccc1SCCCCCCSc1ccccc1C(=O)O. The molecule has 0 spiro atoms. The number of carboxylic acid groups (broad SMARTS) is 2. The molecule has 0 aliphatic carbocycles. The summed E-state index contributed by atoms with van der Waals surface area (Å²) in [5.74, 6) is 0.0389. The van der Waals surface area contributed by atoms with Crippen LogP contribution < -0.4 is 0 Å². The molecule has 0 atom stereocenters. The molecule has 26 heavy (non-hydrogen) atoms. The van der Waals surface area contributed by atoms with E-state index >= 15 is 0 Å². The summed E-state index contributed by atoms with van der Waals surface area (Å²) in [5.41, 5.74) is 0.733. The number of unbranched alkanes of at least 4 members (excludes halogenated alkanes) is 3. The van der Waals surface area contributed by atoms with Crippen molar-refractivity contribution in [2.75, 3.05) is 11.5 Å². The number of benzene rings is 2. The van der Waals surface area contributed by atoms with E-state index in [0.29, 0.717) is 11.1 Å². The maximum atomic E-state index is 11.2. The third kappa shape index (κ3) is 6.42. The van der Waals surface area contributed by atoms with E-state index in [-0.39, 0.29) is 0 Å². The molecule has 0 amide bonds. The largest absolute Gasteiger partial charge is 0.478 e. The molecule has 6 heteroatoms. The number of hydrogen-bond donors (Lipinski definition) is 2. The quantitative estimate of drug-likeness (QED) is 0.388. The van der Waals surface area contributed by atoms with Crippen LogP contribution in [0.5, 0.6) is 0 Å². The summed E-state index contributed by atoms with van der Waals surface area (Å²) in [7, 11) is 0. The van der Waals surface area contributed by atoms with E-state index in [2.05, 4.69) is 0 Å². The van der Waals surface area contributed by atoms with Crippen molar-refractivity contribution in [2.45, 2.75) is 35.5 Å². The van der Waals surface area contributed by atoms with Gasteiger partial charge in [0.25, 0.3) is 0 Å². The summed E-state index contributed by atoms with van der Waals surface area (Å²) in [5, 5.41) is 18.3. The van der Waals surface area contributed by atoms with Gasteiger partial charge >= 0.3 is 11.9 Å². The molecule has 0 unspecified atom stereocenters. The average molecular weight is 391 g/mol. The second-order valence-corrected chi connectivity index (χ2v) is 7.99. The number of hydrogen-bond acceptors (Lipinski definition) is 4. The first-order chi connectivity index (χ1) is 12.6. The molecule has 0 heterocycles. The summed E-state index contributed by atoms with van der Waals surface area (Å²) in [6.45, 7) is 0. The Labute approximate surface area is 162 Å². The van der Waals surface area contributed by atoms with E-state index < -0.39 is 11.9 Å². The Morgan fingerprint density at radius 2 is 1.04 bits per heavy atom. The van der Waals surface area contributed by atoms with Crippen molar-refractivity contribution >= 4 is 35.5 Å². The highest BCUT2D eigenvalue weighted by molar-refractivity contribution is 7.99. The fourth-order valence-corrected chi connectivity index (χ4v) is 4.57. The minimum absolute atomic E-state index is 0.367. The zero-order valence-electron chi connectivity index (χ0n) is 14.4. The van der Waals surface area contributed by atoms with E-state index in [0.717, 1.165) is 47.0 Å². The van der Waals surface area contributed by atoms with Crippen LogP contribution in [0.25, 0.3) is 0 Å². The smallest absolute Gasteiger partial charge is 0.336 e. The Hall–Kier alpha value is -1.92. The summed E-state index contributed by atoms with van der Waals surface area (Å²) in [4.78, 5) is 24.0. The van der Waals surface area contributed by atoms with Gasteiger partial charge in [0.2, 0.25) is 0 Å². The lowest BCUT2D eigenvalue weighted by Gasteiger charge is -2.06. The van der Waals surface area contributed by atoms with Crippen molar-refractivity contribution in [3.63, 3.8) is 0 Å². The van der Waals surface area contributed by atoms with Gasteiger partial charge in [-0.3, -0.25) is 0 Å². The van der Waals surface area contributed by atoms with E-state index in [1.807, 2.05) is 24.3 Å². The van der Waals surface area contributed by atoms with Crippen molar-refractivity contribution < 1.29 is 19.8 Å². The fraction of sp³-hybridized carbons (Fsp3) is 0.300. The Morgan fingerprint density at radius 3 is 1.42 bits per heavy atom. The molecule has 2 N–H and O–H groups in total. The van der Waals surface area contributed by atoms with Gasteiger partial charge in [-0.05, 0) is 48.6 Å². The fourth-order valence-electron chi connectivity index (χ4n) is 2.46. The Balaban J connectivity index is 1.62. The van der Waals surface area contributed by atoms with Gasteiger partial charge < -0.3 is 10.2 Å². The van der Waals surface area contributed by atoms with Gasteiger partial charge in [-0.2, -0.15) is 0 Å². The minimum Gasteiger partial charge on any atom is -0.478 e. The normalized spacial score (nSPS) is 10.6. The average Bonchev–Trinajstić information content (AvgIpc) is 2.64. The first-order valence-electron chi connectivity index (χ1n) is 8.50. The van der Waals surface area contributed by atoms with Crippen LogP contribution in [-0.2, 0) is 0 Å². The molecular weight excluding hydrogens is 368 g/mol. The second kappa shape index (κ2) is 10.9. The van der Waals surface area contributed by atoms with Crippen LogP contribution in [0.3, 0.4) is 0 Å². The van der Waals surface area contributed by atoms with Crippen molar-refractivity contribution in [2.24, 2.45) is 0 Å². The number of rotatable bonds is 11. The van der Waals surface area contributed by atoms with Crippen molar-refractivity contribution in [1.82, 2.24) is 0 Å². The third-order valence-corrected chi connectivity index (χ3v) is 6.11. The topological polar surface area (TPSA) is 74.6 Å². The van der Waals surface area contributed by atoms with Gasteiger partial charge in [0.1, 0.15) is 0 Å². The maximum absolute atomic E-state index is 11.2. The van der Waals surface area contributed by atoms with Crippen molar-refractivity contribution in [1.29, 1.82) is 0 Å². The number of carbonyl (C=O) groups is 2. The van der Waals surface area contributed by atoms with E-state index in [1.165, 1.54) is 0 Å². The third-order valence-electron chi connectivity index (χ3n) is 3.79. The Bertz CT molecular complexity index is 683. The summed E-state index contributed by atoms with van der Waals surface area (Å²) < 4.78 is 0. The molecule has 0 aromatic heterocycles. The molecule has 0 aliphatic rings. The van der Waals surface area contributed by atoms with Gasteiger partial charge in [-0.15, -0.1) is 23.5 Å². The maximum Gasteiger partial charge on any atom is 0.336 e. The Kier molecular flexibility index (Phi) is 8.58. The number of aromatic carboxylic acids is 2. The van der Waals surface area contributed by atoms with Crippen molar-refractivity contribution in [3.05, 3.63) is 59.7 Å². The molecule has 0 fully saturated rings. The van der Waals surface area contributed by atoms with Gasteiger partial charge in [0, 0.05) is 9.79 Å². The molecule has 2 aromatic rings. The molecule has 0 aliphatic heterocycles. The van der Waals surface area contributed by atoms with Crippen molar-refractivity contribution in [3.8, 4) is 0 Å². The van der Waals surface area contributed by atoms with E-state index in [9.17, 15) is 9.59 Å². The summed E-state index contributed by atoms with van der Waals surface area (Å²) >= 11 is 3.18. The highest BCUT2D eigenvalue weighted by Gasteiger charge is 2.10. The highest BCUT2D eigenvalue weighted by atomic mass is 32.2. The lowest BCUT2D eigenvalue weighted by atomic mass is 10.2. The zero-order valence-corrected chi connectivity index (χ0v) is 16.0. The molecule has 138 valence electrons. The van der Waals surface area contributed by atoms with Crippen LogP contribution in [0, 0.1) is 0 Å². The number of carboxylic acids is 2. The molecular formula is C20H22O4S2. The first kappa shape index (κ1) is 20.4. The standard InChI is InChI=1S/C20H22O4S2/c21-19(22)15-9-3-5-11-17(15)25-13-7-1-2-8-14-26-18-12-6-4-10-16(18)20(23)24/h3-6,9-12H,1-2,7-8,13-14H2,(H,21,22)(H,23,24). The van der Waals surface area contributed by atoms with Gasteiger partial charge in [0.15, 0.2) is 0 Å². The highest BCUT2D eigenvalue weighted by Crippen LogP contribution is 2.26. The van der Waals surface area contributed by atoms with Crippen LogP contribution in [0.15, 0.2) is 58.3 Å². The zero-order chi connectivity index (χ0) is 18.8. The first-order valence-corrected chi connectivity index (χ1v) is 10.5. The summed E-state index contributed by atoms with van der Waals surface area (Å²) in [6, 6.07) is 14.2. The summed E-state index contributed by atoms with van der Waals surface area (Å²) in [6.07, 6.45) is 4.25. The van der Waals surface area contributed by atoms with Crippen LogP contribution >= 0.6 is 23.5 Å². The predicted molar refractivity (Wildman–Crippen MR) is 107 cm³/mol. The molecule has 4 nitrogen and oxygen atoms in total. The molecule has 2 rings (SSSR count). The minimum atomic E-state index is -0.883. The van der Waals surface area contributed by atoms with Crippen LogP contribution in [-0.4, -0.2) is 33.7 Å². The molecule has 0 saturated heterocycles. The lowest BCUT2D eigenvalue weighted by Crippen LogP contribution is -1.98.